The van der Waals surface area contributed by atoms with Gasteiger partial charge in [0.1, 0.15) is 0 Å². The van der Waals surface area contributed by atoms with Crippen LogP contribution in [0.25, 0.3) is 0 Å². The molecule has 0 N–H and O–H groups in total. The Hall–Kier alpha value is -0.980. The molecule has 0 aliphatic carbocycles. The van der Waals surface area contributed by atoms with Crippen molar-refractivity contribution in [3.63, 3.8) is 0 Å². The molecule has 0 aromatic carbocycles. The number of allylic oxidation sites excluding steroid dienone is 3. The first-order valence-corrected chi connectivity index (χ1v) is 5.36. The van der Waals surface area contributed by atoms with E-state index in [1.807, 2.05) is 6.08 Å². The Bertz CT molecular complexity index is 271. The average molecular weight is 191 g/mol. The van der Waals surface area contributed by atoms with Crippen LogP contribution < -0.4 is 0 Å². The van der Waals surface area contributed by atoms with Crippen molar-refractivity contribution in [1.82, 2.24) is 4.90 Å². The van der Waals surface area contributed by atoms with Gasteiger partial charge in [0, 0.05) is 18.3 Å². The van der Waals surface area contributed by atoms with E-state index in [1.54, 1.807) is 0 Å². The lowest BCUT2D eigenvalue weighted by atomic mass is 9.96. The molecule has 0 radical (unpaired) electrons. The Kier molecular flexibility index (Phi) is 3.56. The number of rotatable bonds is 3. The summed E-state index contributed by atoms with van der Waals surface area (Å²) in [6.07, 6.45) is 4.36. The molecule has 0 unspecified atom stereocenters. The summed E-state index contributed by atoms with van der Waals surface area (Å²) >= 11 is 0. The van der Waals surface area contributed by atoms with Crippen molar-refractivity contribution in [2.24, 2.45) is 0 Å². The maximum atomic E-state index is 4.04. The quantitative estimate of drug-likeness (QED) is 0.660. The zero-order valence-corrected chi connectivity index (χ0v) is 9.64. The molecule has 0 saturated heterocycles. The minimum absolute atomic E-state index is 0.553. The highest BCUT2D eigenvalue weighted by Crippen LogP contribution is 2.28. The summed E-state index contributed by atoms with van der Waals surface area (Å²) in [6, 6.07) is 0.553. The predicted octanol–water partition coefficient (Wildman–Crippen LogP) is 3.51. The first-order chi connectivity index (χ1) is 6.57. The van der Waals surface area contributed by atoms with E-state index in [0.717, 1.165) is 13.0 Å². The summed E-state index contributed by atoms with van der Waals surface area (Å²) in [5.41, 5.74) is 3.86. The standard InChI is InChI=1S/C13H21N/c1-6-13-12(10(2)3)8-7-9-14(13)11(4)5/h6,11H,1-2,7-9H2,3-5H3. The van der Waals surface area contributed by atoms with Gasteiger partial charge in [0.2, 0.25) is 0 Å². The molecule has 1 heteroatoms. The average Bonchev–Trinajstić information content (AvgIpc) is 2.16. The molecule has 0 saturated carbocycles. The highest BCUT2D eigenvalue weighted by Gasteiger charge is 2.19. The Morgan fingerprint density at radius 3 is 2.57 bits per heavy atom. The number of hydrogen-bond donors (Lipinski definition) is 0. The molecule has 0 aromatic heterocycles. The molecule has 0 atom stereocenters. The van der Waals surface area contributed by atoms with Gasteiger partial charge in [-0.25, -0.2) is 0 Å². The van der Waals surface area contributed by atoms with Crippen LogP contribution in [0.3, 0.4) is 0 Å². The molecular weight excluding hydrogens is 170 g/mol. The number of hydrogen-bond acceptors (Lipinski definition) is 1. The van der Waals surface area contributed by atoms with E-state index < -0.39 is 0 Å². The zero-order chi connectivity index (χ0) is 10.7. The molecule has 1 rings (SSSR count). The Morgan fingerprint density at radius 2 is 2.14 bits per heavy atom. The van der Waals surface area contributed by atoms with Gasteiger partial charge in [0.25, 0.3) is 0 Å². The molecule has 14 heavy (non-hydrogen) atoms. The van der Waals surface area contributed by atoms with Gasteiger partial charge in [-0.05, 0) is 45.3 Å². The maximum absolute atomic E-state index is 4.04. The van der Waals surface area contributed by atoms with Crippen molar-refractivity contribution in [3.05, 3.63) is 36.1 Å². The predicted molar refractivity (Wildman–Crippen MR) is 63.1 cm³/mol. The second kappa shape index (κ2) is 4.50. The topological polar surface area (TPSA) is 3.24 Å². The Labute approximate surface area is 87.8 Å². The van der Waals surface area contributed by atoms with Crippen LogP contribution in [0.5, 0.6) is 0 Å². The van der Waals surface area contributed by atoms with Crippen LogP contribution in [0, 0.1) is 0 Å². The third-order valence-electron chi connectivity index (χ3n) is 2.78. The van der Waals surface area contributed by atoms with Gasteiger partial charge >= 0.3 is 0 Å². The van der Waals surface area contributed by atoms with Crippen molar-refractivity contribution in [2.45, 2.75) is 39.7 Å². The minimum atomic E-state index is 0.553. The molecule has 0 aromatic rings. The van der Waals surface area contributed by atoms with E-state index in [-0.39, 0.29) is 0 Å². The Morgan fingerprint density at radius 1 is 1.50 bits per heavy atom. The summed E-state index contributed by atoms with van der Waals surface area (Å²) < 4.78 is 0. The lowest BCUT2D eigenvalue weighted by Crippen LogP contribution is -2.34. The highest BCUT2D eigenvalue weighted by molar-refractivity contribution is 5.37. The van der Waals surface area contributed by atoms with Gasteiger partial charge in [-0.15, -0.1) is 0 Å². The van der Waals surface area contributed by atoms with Crippen molar-refractivity contribution >= 4 is 0 Å². The molecule has 1 aliphatic rings. The molecule has 1 nitrogen and oxygen atoms in total. The van der Waals surface area contributed by atoms with E-state index >= 15 is 0 Å². The van der Waals surface area contributed by atoms with Crippen LogP contribution in [0.15, 0.2) is 36.1 Å². The smallest absolute Gasteiger partial charge is 0.0397 e. The third-order valence-corrected chi connectivity index (χ3v) is 2.78. The molecule has 0 amide bonds. The van der Waals surface area contributed by atoms with Gasteiger partial charge in [-0.3, -0.25) is 0 Å². The first kappa shape index (κ1) is 11.1. The van der Waals surface area contributed by atoms with Gasteiger partial charge in [0.05, 0.1) is 0 Å². The molecule has 0 spiro atoms. The monoisotopic (exact) mass is 191 g/mol. The van der Waals surface area contributed by atoms with Crippen molar-refractivity contribution < 1.29 is 0 Å². The van der Waals surface area contributed by atoms with Crippen molar-refractivity contribution in [2.75, 3.05) is 6.54 Å². The van der Waals surface area contributed by atoms with Crippen molar-refractivity contribution in [3.8, 4) is 0 Å². The van der Waals surface area contributed by atoms with E-state index in [4.69, 9.17) is 0 Å². The van der Waals surface area contributed by atoms with E-state index in [1.165, 1.54) is 23.3 Å². The fourth-order valence-electron chi connectivity index (χ4n) is 2.06. The van der Waals surface area contributed by atoms with Crippen molar-refractivity contribution in [1.29, 1.82) is 0 Å². The SMILES string of the molecule is C=CC1=C(C(=C)C)CCCN1C(C)C. The fraction of sp³-hybridized carbons (Fsp3) is 0.538. The van der Waals surface area contributed by atoms with Crippen LogP contribution in [0.4, 0.5) is 0 Å². The molecular formula is C13H21N. The molecule has 78 valence electrons. The van der Waals surface area contributed by atoms with E-state index in [2.05, 4.69) is 38.8 Å². The molecule has 0 fully saturated rings. The second-order valence-corrected chi connectivity index (χ2v) is 4.24. The van der Waals surface area contributed by atoms with Crippen LogP contribution in [0.2, 0.25) is 0 Å². The van der Waals surface area contributed by atoms with Gasteiger partial charge in [-0.1, -0.05) is 18.7 Å². The lowest BCUT2D eigenvalue weighted by Gasteiger charge is -2.35. The van der Waals surface area contributed by atoms with Crippen LogP contribution in [0.1, 0.15) is 33.6 Å². The van der Waals surface area contributed by atoms with Crippen LogP contribution >= 0.6 is 0 Å². The first-order valence-electron chi connectivity index (χ1n) is 5.36. The largest absolute Gasteiger partial charge is 0.369 e. The summed E-state index contributed by atoms with van der Waals surface area (Å²) in [5.74, 6) is 0. The van der Waals surface area contributed by atoms with Gasteiger partial charge in [0.15, 0.2) is 0 Å². The van der Waals surface area contributed by atoms with Gasteiger partial charge < -0.3 is 4.90 Å². The van der Waals surface area contributed by atoms with E-state index in [9.17, 15) is 0 Å². The lowest BCUT2D eigenvalue weighted by molar-refractivity contribution is 0.272. The summed E-state index contributed by atoms with van der Waals surface area (Å²) in [7, 11) is 0. The minimum Gasteiger partial charge on any atom is -0.369 e. The zero-order valence-electron chi connectivity index (χ0n) is 9.64. The second-order valence-electron chi connectivity index (χ2n) is 4.24. The van der Waals surface area contributed by atoms with Gasteiger partial charge in [-0.2, -0.15) is 0 Å². The normalized spacial score (nSPS) is 17.6. The summed E-state index contributed by atoms with van der Waals surface area (Å²) in [5, 5.41) is 0. The van der Waals surface area contributed by atoms with Crippen LogP contribution in [-0.2, 0) is 0 Å². The number of nitrogens with zero attached hydrogens (tertiary/aromatic N) is 1. The van der Waals surface area contributed by atoms with E-state index in [0.29, 0.717) is 6.04 Å². The fourth-order valence-corrected chi connectivity index (χ4v) is 2.06. The van der Waals surface area contributed by atoms with Crippen LogP contribution in [-0.4, -0.2) is 17.5 Å². The third kappa shape index (κ3) is 2.09. The highest BCUT2D eigenvalue weighted by atomic mass is 15.2. The maximum Gasteiger partial charge on any atom is 0.0397 e. The summed E-state index contributed by atoms with van der Waals surface area (Å²) in [6.45, 7) is 15.6. The molecule has 1 aliphatic heterocycles. The molecule has 1 heterocycles. The molecule has 0 bridgehead atoms. The Balaban J connectivity index is 3.06. The summed E-state index contributed by atoms with van der Waals surface area (Å²) in [4.78, 5) is 2.42.